The second kappa shape index (κ2) is 8.17. The Morgan fingerprint density at radius 2 is 2.08 bits per heavy atom. The number of aryl methyl sites for hydroxylation is 1. The lowest BCUT2D eigenvalue weighted by Crippen LogP contribution is -2.39. The van der Waals surface area contributed by atoms with Crippen molar-refractivity contribution in [2.24, 2.45) is 0 Å². The van der Waals surface area contributed by atoms with Crippen LogP contribution < -0.4 is 15.6 Å². The van der Waals surface area contributed by atoms with E-state index < -0.39 is 6.10 Å². The zero-order chi connectivity index (χ0) is 17.7. The molecule has 0 aliphatic heterocycles. The normalized spacial score (nSPS) is 11.8. The van der Waals surface area contributed by atoms with Crippen molar-refractivity contribution in [3.63, 3.8) is 0 Å². The summed E-state index contributed by atoms with van der Waals surface area (Å²) >= 11 is 11.8. The molecule has 0 radical (unpaired) electrons. The highest BCUT2D eigenvalue weighted by Crippen LogP contribution is 2.28. The van der Waals surface area contributed by atoms with E-state index in [2.05, 4.69) is 10.4 Å². The summed E-state index contributed by atoms with van der Waals surface area (Å²) in [7, 11) is 0. The van der Waals surface area contributed by atoms with Gasteiger partial charge in [-0.2, -0.15) is 5.10 Å². The number of benzene rings is 1. The zero-order valence-electron chi connectivity index (χ0n) is 13.3. The first kappa shape index (κ1) is 18.3. The van der Waals surface area contributed by atoms with Crippen molar-refractivity contribution in [1.29, 1.82) is 0 Å². The van der Waals surface area contributed by atoms with Crippen LogP contribution in [0.2, 0.25) is 10.0 Å². The molecule has 128 valence electrons. The van der Waals surface area contributed by atoms with Crippen LogP contribution >= 0.6 is 23.2 Å². The first-order valence-electron chi connectivity index (χ1n) is 7.31. The van der Waals surface area contributed by atoms with E-state index in [1.807, 2.05) is 0 Å². The van der Waals surface area contributed by atoms with Gasteiger partial charge in [-0.15, -0.1) is 0 Å². The molecule has 0 aliphatic carbocycles. The third-order valence-electron chi connectivity index (χ3n) is 3.19. The minimum absolute atomic E-state index is 0.216. The molecule has 2 rings (SSSR count). The average molecular weight is 370 g/mol. The Morgan fingerprint density at radius 1 is 1.33 bits per heavy atom. The number of ether oxygens (including phenoxy) is 1. The minimum atomic E-state index is -0.745. The summed E-state index contributed by atoms with van der Waals surface area (Å²) in [4.78, 5) is 23.7. The first-order chi connectivity index (χ1) is 11.4. The lowest BCUT2D eigenvalue weighted by Gasteiger charge is -2.16. The van der Waals surface area contributed by atoms with Crippen LogP contribution in [-0.4, -0.2) is 28.3 Å². The Morgan fingerprint density at radius 3 is 2.79 bits per heavy atom. The predicted octanol–water partition coefficient (Wildman–Crippen LogP) is 2.44. The van der Waals surface area contributed by atoms with E-state index >= 15 is 0 Å². The summed E-state index contributed by atoms with van der Waals surface area (Å²) in [5.41, 5.74) is 0.516. The van der Waals surface area contributed by atoms with Gasteiger partial charge in [-0.05, 0) is 38.1 Å². The van der Waals surface area contributed by atoms with E-state index in [4.69, 9.17) is 27.9 Å². The maximum atomic E-state index is 12.1. The van der Waals surface area contributed by atoms with Gasteiger partial charge in [-0.3, -0.25) is 9.59 Å². The minimum Gasteiger partial charge on any atom is -0.479 e. The fraction of sp³-hybridized carbons (Fsp3) is 0.312. The van der Waals surface area contributed by atoms with Gasteiger partial charge < -0.3 is 10.1 Å². The molecule has 0 aliphatic rings. The van der Waals surface area contributed by atoms with Crippen LogP contribution in [0.4, 0.5) is 0 Å². The lowest BCUT2D eigenvalue weighted by atomic mass is 10.3. The predicted molar refractivity (Wildman–Crippen MR) is 92.8 cm³/mol. The molecule has 0 spiro atoms. The molecular weight excluding hydrogens is 353 g/mol. The number of amides is 1. The Kier molecular flexibility index (Phi) is 6.23. The van der Waals surface area contributed by atoms with Crippen molar-refractivity contribution in [2.45, 2.75) is 26.5 Å². The van der Waals surface area contributed by atoms with E-state index in [0.717, 1.165) is 5.69 Å². The largest absolute Gasteiger partial charge is 0.479 e. The summed E-state index contributed by atoms with van der Waals surface area (Å²) in [6, 6.07) is 7.86. The van der Waals surface area contributed by atoms with Crippen molar-refractivity contribution >= 4 is 29.1 Å². The lowest BCUT2D eigenvalue weighted by molar-refractivity contribution is -0.127. The smallest absolute Gasteiger partial charge is 0.266 e. The third kappa shape index (κ3) is 4.97. The maximum absolute atomic E-state index is 12.1. The molecule has 1 unspecified atom stereocenters. The number of hydrogen-bond acceptors (Lipinski definition) is 4. The highest BCUT2D eigenvalue weighted by Gasteiger charge is 2.16. The van der Waals surface area contributed by atoms with Crippen LogP contribution in [0.25, 0.3) is 0 Å². The number of halogens is 2. The Labute approximate surface area is 149 Å². The SMILES string of the molecule is Cc1ccc(=O)n(CCNC(=O)C(C)Oc2ccc(Cl)cc2Cl)n1. The maximum Gasteiger partial charge on any atom is 0.266 e. The van der Waals surface area contributed by atoms with Gasteiger partial charge in [0.1, 0.15) is 5.75 Å². The standard InChI is InChI=1S/C16H17Cl2N3O3/c1-10-3-6-15(22)21(20-10)8-7-19-16(23)11(2)24-14-5-4-12(17)9-13(14)18/h3-6,9,11H,7-8H2,1-2H3,(H,19,23). The molecule has 0 saturated carbocycles. The molecular formula is C16H17Cl2N3O3. The summed E-state index contributed by atoms with van der Waals surface area (Å²) < 4.78 is 6.82. The van der Waals surface area contributed by atoms with E-state index in [-0.39, 0.29) is 24.6 Å². The van der Waals surface area contributed by atoms with Crippen molar-refractivity contribution < 1.29 is 9.53 Å². The third-order valence-corrected chi connectivity index (χ3v) is 3.72. The second-order valence-corrected chi connectivity index (χ2v) is 6.01. The van der Waals surface area contributed by atoms with Gasteiger partial charge in [0.05, 0.1) is 17.3 Å². The van der Waals surface area contributed by atoms with E-state index in [1.165, 1.54) is 10.7 Å². The van der Waals surface area contributed by atoms with Crippen molar-refractivity contribution in [2.75, 3.05) is 6.54 Å². The van der Waals surface area contributed by atoms with E-state index in [1.54, 1.807) is 38.1 Å². The molecule has 2 aromatic rings. The number of carbonyl (C=O) groups is 1. The van der Waals surface area contributed by atoms with Crippen molar-refractivity contribution in [3.8, 4) is 5.75 Å². The van der Waals surface area contributed by atoms with Gasteiger partial charge in [-0.25, -0.2) is 4.68 Å². The fourth-order valence-electron chi connectivity index (χ4n) is 1.95. The fourth-order valence-corrected chi connectivity index (χ4v) is 2.41. The Hall–Kier alpha value is -2.05. The van der Waals surface area contributed by atoms with Gasteiger partial charge >= 0.3 is 0 Å². The molecule has 1 aromatic heterocycles. The average Bonchev–Trinajstić information content (AvgIpc) is 2.53. The van der Waals surface area contributed by atoms with Crippen LogP contribution in [0.1, 0.15) is 12.6 Å². The number of hydrogen-bond donors (Lipinski definition) is 1. The van der Waals surface area contributed by atoms with E-state index in [0.29, 0.717) is 15.8 Å². The molecule has 1 heterocycles. The zero-order valence-corrected chi connectivity index (χ0v) is 14.8. The van der Waals surface area contributed by atoms with Gasteiger partial charge in [0.2, 0.25) is 0 Å². The monoisotopic (exact) mass is 369 g/mol. The molecule has 0 fully saturated rings. The van der Waals surface area contributed by atoms with Crippen LogP contribution in [0, 0.1) is 6.92 Å². The van der Waals surface area contributed by atoms with Gasteiger partial charge in [0.25, 0.3) is 11.5 Å². The molecule has 6 nitrogen and oxygen atoms in total. The van der Waals surface area contributed by atoms with Crippen molar-refractivity contribution in [3.05, 3.63) is 56.4 Å². The van der Waals surface area contributed by atoms with E-state index in [9.17, 15) is 9.59 Å². The quantitative estimate of drug-likeness (QED) is 0.848. The van der Waals surface area contributed by atoms with Crippen LogP contribution in [-0.2, 0) is 11.3 Å². The number of aromatic nitrogens is 2. The summed E-state index contributed by atoms with van der Waals surface area (Å²) in [5.74, 6) is 0.0574. The molecule has 0 bridgehead atoms. The van der Waals surface area contributed by atoms with Crippen molar-refractivity contribution in [1.82, 2.24) is 15.1 Å². The Balaban J connectivity index is 1.87. The number of nitrogens with zero attached hydrogens (tertiary/aromatic N) is 2. The molecule has 24 heavy (non-hydrogen) atoms. The molecule has 1 atom stereocenters. The van der Waals surface area contributed by atoms with Crippen LogP contribution in [0.3, 0.4) is 0 Å². The topological polar surface area (TPSA) is 73.2 Å². The molecule has 1 N–H and O–H groups in total. The second-order valence-electron chi connectivity index (χ2n) is 5.16. The highest BCUT2D eigenvalue weighted by molar-refractivity contribution is 6.35. The molecule has 0 saturated heterocycles. The van der Waals surface area contributed by atoms with Crippen LogP contribution in [0.5, 0.6) is 5.75 Å². The highest BCUT2D eigenvalue weighted by atomic mass is 35.5. The van der Waals surface area contributed by atoms with Gasteiger partial charge in [0, 0.05) is 17.6 Å². The summed E-state index contributed by atoms with van der Waals surface area (Å²) in [5, 5.41) is 7.61. The number of nitrogens with one attached hydrogen (secondary N) is 1. The summed E-state index contributed by atoms with van der Waals surface area (Å²) in [6.45, 7) is 3.94. The number of rotatable bonds is 6. The van der Waals surface area contributed by atoms with Crippen LogP contribution in [0.15, 0.2) is 35.1 Å². The first-order valence-corrected chi connectivity index (χ1v) is 8.06. The Bertz CT molecular complexity index is 792. The molecule has 1 aromatic carbocycles. The van der Waals surface area contributed by atoms with Gasteiger partial charge in [-0.1, -0.05) is 23.2 Å². The molecule has 8 heteroatoms. The molecule has 1 amide bonds. The van der Waals surface area contributed by atoms with Gasteiger partial charge in [0.15, 0.2) is 6.10 Å². The summed E-state index contributed by atoms with van der Waals surface area (Å²) in [6.07, 6.45) is -0.745. The number of carbonyl (C=O) groups excluding carboxylic acids is 1.